The number of hydrogen-bond acceptors (Lipinski definition) is 3. The minimum absolute atomic E-state index is 0.0171. The van der Waals surface area contributed by atoms with E-state index in [4.69, 9.17) is 46.4 Å². The maximum absolute atomic E-state index is 13.0. The van der Waals surface area contributed by atoms with E-state index in [1.54, 1.807) is 30.3 Å². The quantitative estimate of drug-likeness (QED) is 0.414. The monoisotopic (exact) mass is 516 g/mol. The molecule has 31 heavy (non-hydrogen) atoms. The van der Waals surface area contributed by atoms with Gasteiger partial charge < -0.3 is 5.32 Å². The van der Waals surface area contributed by atoms with Crippen molar-refractivity contribution in [1.82, 2.24) is 4.72 Å². The van der Waals surface area contributed by atoms with E-state index in [2.05, 4.69) is 10.0 Å². The molecule has 0 heterocycles. The predicted octanol–water partition coefficient (Wildman–Crippen LogP) is 5.83. The molecule has 1 amide bonds. The number of anilines is 1. The highest BCUT2D eigenvalue weighted by molar-refractivity contribution is 7.89. The van der Waals surface area contributed by atoms with Gasteiger partial charge in [0, 0.05) is 10.0 Å². The summed E-state index contributed by atoms with van der Waals surface area (Å²) in [6.07, 6.45) is 0.0926. The highest BCUT2D eigenvalue weighted by Gasteiger charge is 2.28. The molecule has 0 bridgehead atoms. The molecule has 3 aromatic rings. The van der Waals surface area contributed by atoms with E-state index in [0.29, 0.717) is 10.7 Å². The molecule has 0 radical (unpaired) electrons. The minimum atomic E-state index is -4.17. The largest absolute Gasteiger partial charge is 0.323 e. The van der Waals surface area contributed by atoms with E-state index in [0.717, 1.165) is 5.56 Å². The molecule has 10 heteroatoms. The van der Waals surface area contributed by atoms with Gasteiger partial charge in [0.05, 0.1) is 15.7 Å². The van der Waals surface area contributed by atoms with Crippen LogP contribution in [-0.4, -0.2) is 20.4 Å². The highest BCUT2D eigenvalue weighted by atomic mass is 35.5. The Morgan fingerprint density at radius 2 is 1.48 bits per heavy atom. The van der Waals surface area contributed by atoms with Crippen molar-refractivity contribution in [2.45, 2.75) is 17.4 Å². The van der Waals surface area contributed by atoms with Gasteiger partial charge in [-0.2, -0.15) is 4.72 Å². The molecule has 1 atom stereocenters. The Balaban J connectivity index is 1.92. The van der Waals surface area contributed by atoms with Crippen LogP contribution in [0.5, 0.6) is 0 Å². The van der Waals surface area contributed by atoms with Gasteiger partial charge >= 0.3 is 0 Å². The number of carbonyl (C=O) groups excluding carboxylic acids is 1. The summed E-state index contributed by atoms with van der Waals surface area (Å²) in [5.41, 5.74) is 1.05. The zero-order valence-corrected chi connectivity index (χ0v) is 19.6. The van der Waals surface area contributed by atoms with Crippen LogP contribution in [0.2, 0.25) is 20.1 Å². The van der Waals surface area contributed by atoms with Crippen molar-refractivity contribution >= 4 is 68.0 Å². The van der Waals surface area contributed by atoms with Crippen molar-refractivity contribution in [3.63, 3.8) is 0 Å². The molecule has 2 N–H and O–H groups in total. The summed E-state index contributed by atoms with van der Waals surface area (Å²) in [7, 11) is -4.17. The molecule has 0 saturated carbocycles. The molecule has 0 aliphatic rings. The summed E-state index contributed by atoms with van der Waals surface area (Å²) >= 11 is 24.0. The number of sulfonamides is 1. The van der Waals surface area contributed by atoms with Crippen LogP contribution in [0.1, 0.15) is 5.56 Å². The lowest BCUT2D eigenvalue weighted by Crippen LogP contribution is -2.45. The van der Waals surface area contributed by atoms with Crippen LogP contribution in [0.15, 0.2) is 71.6 Å². The van der Waals surface area contributed by atoms with E-state index in [9.17, 15) is 13.2 Å². The number of halogens is 4. The van der Waals surface area contributed by atoms with Crippen LogP contribution in [0.25, 0.3) is 0 Å². The number of amides is 1. The molecule has 3 aromatic carbocycles. The van der Waals surface area contributed by atoms with Gasteiger partial charge in [-0.1, -0.05) is 76.7 Å². The fourth-order valence-electron chi connectivity index (χ4n) is 2.78. The molecule has 162 valence electrons. The molecule has 0 aliphatic heterocycles. The topological polar surface area (TPSA) is 75.3 Å². The maximum Gasteiger partial charge on any atom is 0.242 e. The van der Waals surface area contributed by atoms with Crippen molar-refractivity contribution in [2.75, 3.05) is 5.32 Å². The Morgan fingerprint density at radius 1 is 0.839 bits per heavy atom. The van der Waals surface area contributed by atoms with Crippen LogP contribution >= 0.6 is 46.4 Å². The maximum atomic E-state index is 13.0. The van der Waals surface area contributed by atoms with Gasteiger partial charge in [-0.3, -0.25) is 4.79 Å². The number of rotatable bonds is 7. The second-order valence-electron chi connectivity index (χ2n) is 6.55. The summed E-state index contributed by atoms with van der Waals surface area (Å²) < 4.78 is 28.4. The third-order valence-corrected chi connectivity index (χ3v) is 7.00. The Kier molecular flexibility index (Phi) is 7.86. The van der Waals surface area contributed by atoms with Crippen LogP contribution in [0.3, 0.4) is 0 Å². The first-order valence-electron chi connectivity index (χ1n) is 8.93. The first kappa shape index (κ1) is 23.9. The molecule has 0 aliphatic carbocycles. The highest BCUT2D eigenvalue weighted by Crippen LogP contribution is 2.27. The smallest absolute Gasteiger partial charge is 0.242 e. The van der Waals surface area contributed by atoms with E-state index in [1.165, 1.54) is 30.3 Å². The Bertz CT molecular complexity index is 1200. The Hall–Kier alpha value is -1.80. The summed E-state index contributed by atoms with van der Waals surface area (Å²) in [5.74, 6) is -0.602. The Labute approximate surface area is 200 Å². The molecule has 0 fully saturated rings. The van der Waals surface area contributed by atoms with Crippen LogP contribution in [0.4, 0.5) is 5.69 Å². The lowest BCUT2D eigenvalue weighted by molar-refractivity contribution is -0.117. The average molecular weight is 518 g/mol. The molecule has 3 rings (SSSR count). The number of hydrogen-bond donors (Lipinski definition) is 2. The molecule has 0 saturated heterocycles. The first-order chi connectivity index (χ1) is 14.7. The molecule has 0 spiro atoms. The Morgan fingerprint density at radius 3 is 2.16 bits per heavy atom. The van der Waals surface area contributed by atoms with Gasteiger partial charge in [-0.15, -0.1) is 0 Å². The van der Waals surface area contributed by atoms with Crippen molar-refractivity contribution in [2.24, 2.45) is 0 Å². The standard InChI is InChI=1S/C21H16Cl4N2O3S/c22-14-7-9-18(17(25)11-14)26-21(28)19(10-13-4-2-1-3-5-13)27-31(29,30)20-12-15(23)6-8-16(20)24/h1-9,11-12,19,27H,10H2,(H,26,28)/t19-/m0/s1. The predicted molar refractivity (Wildman–Crippen MR) is 126 cm³/mol. The van der Waals surface area contributed by atoms with E-state index in [-0.39, 0.29) is 26.4 Å². The minimum Gasteiger partial charge on any atom is -0.323 e. The van der Waals surface area contributed by atoms with Crippen molar-refractivity contribution < 1.29 is 13.2 Å². The van der Waals surface area contributed by atoms with Gasteiger partial charge in [0.1, 0.15) is 10.9 Å². The molecular weight excluding hydrogens is 502 g/mol. The number of carbonyl (C=O) groups is 1. The van der Waals surface area contributed by atoms with Gasteiger partial charge in [-0.25, -0.2) is 8.42 Å². The molecule has 5 nitrogen and oxygen atoms in total. The second kappa shape index (κ2) is 10.2. The van der Waals surface area contributed by atoms with Crippen LogP contribution in [0, 0.1) is 0 Å². The fraction of sp³-hybridized carbons (Fsp3) is 0.0952. The average Bonchev–Trinajstić information content (AvgIpc) is 2.72. The fourth-order valence-corrected chi connectivity index (χ4v) is 5.20. The summed E-state index contributed by atoms with van der Waals surface area (Å²) in [4.78, 5) is 12.8. The van der Waals surface area contributed by atoms with Crippen LogP contribution in [-0.2, 0) is 21.2 Å². The second-order valence-corrected chi connectivity index (χ2v) is 9.92. The zero-order chi connectivity index (χ0) is 22.6. The van der Waals surface area contributed by atoms with Crippen molar-refractivity contribution in [3.05, 3.63) is 92.4 Å². The van der Waals surface area contributed by atoms with E-state index in [1.807, 2.05) is 6.07 Å². The van der Waals surface area contributed by atoms with Gasteiger partial charge in [0.2, 0.25) is 15.9 Å². The van der Waals surface area contributed by atoms with E-state index >= 15 is 0 Å². The molecule has 0 unspecified atom stereocenters. The zero-order valence-electron chi connectivity index (χ0n) is 15.8. The molecular formula is C21H16Cl4N2O3S. The lowest BCUT2D eigenvalue weighted by atomic mass is 10.1. The molecule has 0 aromatic heterocycles. The van der Waals surface area contributed by atoms with Crippen LogP contribution < -0.4 is 10.0 Å². The van der Waals surface area contributed by atoms with Gasteiger partial charge in [0.25, 0.3) is 0 Å². The lowest BCUT2D eigenvalue weighted by Gasteiger charge is -2.20. The van der Waals surface area contributed by atoms with Crippen molar-refractivity contribution in [3.8, 4) is 0 Å². The first-order valence-corrected chi connectivity index (χ1v) is 11.9. The third-order valence-electron chi connectivity index (χ3n) is 4.27. The van der Waals surface area contributed by atoms with Gasteiger partial charge in [0.15, 0.2) is 0 Å². The number of benzene rings is 3. The van der Waals surface area contributed by atoms with Gasteiger partial charge in [-0.05, 0) is 48.4 Å². The normalized spacial score (nSPS) is 12.4. The SMILES string of the molecule is O=C(Nc1ccc(Cl)cc1Cl)[C@H](Cc1ccccc1)NS(=O)(=O)c1cc(Cl)ccc1Cl. The summed E-state index contributed by atoms with van der Waals surface area (Å²) in [5, 5.41) is 3.45. The van der Waals surface area contributed by atoms with E-state index < -0.39 is 22.0 Å². The summed E-state index contributed by atoms with van der Waals surface area (Å²) in [6.45, 7) is 0. The number of nitrogens with one attached hydrogen (secondary N) is 2. The third kappa shape index (κ3) is 6.35. The van der Waals surface area contributed by atoms with Crippen molar-refractivity contribution in [1.29, 1.82) is 0 Å². The summed E-state index contributed by atoms with van der Waals surface area (Å²) in [6, 6.07) is 16.5.